The van der Waals surface area contributed by atoms with Crippen LogP contribution in [0.15, 0.2) is 59.5 Å². The molecule has 0 unspecified atom stereocenters. The molecule has 1 atom stereocenters. The third kappa shape index (κ3) is 7.83. The lowest BCUT2D eigenvalue weighted by Crippen LogP contribution is -2.49. The lowest BCUT2D eigenvalue weighted by Gasteiger charge is -2.40. The Kier molecular flexibility index (Phi) is 9.39. The van der Waals surface area contributed by atoms with Gasteiger partial charge in [0.25, 0.3) is 0 Å². The molecule has 0 spiro atoms. The molecule has 2 heterocycles. The van der Waals surface area contributed by atoms with E-state index in [-0.39, 0.29) is 16.7 Å². The molecule has 2 saturated heterocycles. The van der Waals surface area contributed by atoms with Gasteiger partial charge in [0.1, 0.15) is 5.82 Å². The normalized spacial score (nSPS) is 20.2. The predicted octanol–water partition coefficient (Wildman–Crippen LogP) is 3.41. The second-order valence-electron chi connectivity index (χ2n) is 10.3. The molecule has 2 fully saturated rings. The van der Waals surface area contributed by atoms with Crippen LogP contribution in [0.25, 0.3) is 0 Å². The molecule has 0 aromatic heterocycles. The minimum absolute atomic E-state index is 0.0961. The van der Waals surface area contributed by atoms with Gasteiger partial charge in [-0.3, -0.25) is 4.90 Å². The minimum atomic E-state index is -3.39. The van der Waals surface area contributed by atoms with Crippen molar-refractivity contribution in [1.29, 1.82) is 0 Å². The number of sulfonamides is 1. The molecular formula is C27H38FN3O4S2. The van der Waals surface area contributed by atoms with E-state index >= 15 is 0 Å². The van der Waals surface area contributed by atoms with Crippen LogP contribution in [0.1, 0.15) is 37.3 Å². The fourth-order valence-corrected chi connectivity index (χ4v) is 7.72. The molecule has 0 radical (unpaired) electrons. The molecule has 10 heteroatoms. The summed E-state index contributed by atoms with van der Waals surface area (Å²) in [6.45, 7) is 5.33. The Bertz CT molecular complexity index is 1210. The van der Waals surface area contributed by atoms with Crippen LogP contribution >= 0.6 is 0 Å². The predicted molar refractivity (Wildman–Crippen MR) is 144 cm³/mol. The van der Waals surface area contributed by atoms with E-state index in [9.17, 15) is 21.2 Å². The Hall–Kier alpha value is -1.85. The van der Waals surface area contributed by atoms with Gasteiger partial charge in [-0.15, -0.1) is 0 Å². The van der Waals surface area contributed by atoms with Gasteiger partial charge in [0.2, 0.25) is 10.0 Å². The maximum atomic E-state index is 13.1. The molecule has 7 nitrogen and oxygen atoms in total. The SMILES string of the molecule is CS(=O)(=O)N1CCN([C@@H](CCN2CCC(CCS(=O)(=O)c3ccc(F)cc3)CC2)c2ccccc2)CC1. The second-order valence-corrected chi connectivity index (χ2v) is 14.4. The van der Waals surface area contributed by atoms with Gasteiger partial charge in [0.15, 0.2) is 9.84 Å². The molecule has 2 aromatic rings. The number of halogens is 1. The van der Waals surface area contributed by atoms with Gasteiger partial charge in [-0.2, -0.15) is 4.31 Å². The van der Waals surface area contributed by atoms with Crippen molar-refractivity contribution >= 4 is 19.9 Å². The van der Waals surface area contributed by atoms with E-state index in [0.717, 1.165) is 52.0 Å². The van der Waals surface area contributed by atoms with Gasteiger partial charge in [-0.1, -0.05) is 30.3 Å². The van der Waals surface area contributed by atoms with Gasteiger partial charge < -0.3 is 4.90 Å². The maximum absolute atomic E-state index is 13.1. The Balaban J connectivity index is 1.27. The van der Waals surface area contributed by atoms with Gasteiger partial charge >= 0.3 is 0 Å². The molecule has 0 aliphatic carbocycles. The van der Waals surface area contributed by atoms with Crippen LogP contribution in [-0.2, 0) is 19.9 Å². The highest BCUT2D eigenvalue weighted by atomic mass is 32.2. The van der Waals surface area contributed by atoms with E-state index in [0.29, 0.717) is 25.4 Å². The lowest BCUT2D eigenvalue weighted by molar-refractivity contribution is 0.110. The largest absolute Gasteiger partial charge is 0.303 e. The average molecular weight is 552 g/mol. The monoisotopic (exact) mass is 551 g/mol. The smallest absolute Gasteiger partial charge is 0.211 e. The zero-order valence-corrected chi connectivity index (χ0v) is 23.1. The summed E-state index contributed by atoms with van der Waals surface area (Å²) in [7, 11) is -6.55. The molecule has 0 amide bonds. The number of rotatable bonds is 10. The zero-order valence-electron chi connectivity index (χ0n) is 21.5. The van der Waals surface area contributed by atoms with Crippen molar-refractivity contribution in [2.75, 3.05) is 57.8 Å². The fraction of sp³-hybridized carbons (Fsp3) is 0.556. The van der Waals surface area contributed by atoms with Gasteiger partial charge in [-0.25, -0.2) is 21.2 Å². The number of hydrogen-bond acceptors (Lipinski definition) is 6. The summed E-state index contributed by atoms with van der Waals surface area (Å²) in [5, 5.41) is 0. The van der Waals surface area contributed by atoms with E-state index in [2.05, 4.69) is 34.1 Å². The standard InChI is InChI=1S/C27H38FN3O4S2/c1-36(32,33)31-20-18-30(19-21-31)27(24-5-3-2-4-6-24)13-17-29-15-11-23(12-16-29)14-22-37(34,35)26-9-7-25(28)8-10-26/h2-10,23,27H,11-22H2,1H3/t27-/m0/s1. The molecular weight excluding hydrogens is 513 g/mol. The number of benzene rings is 2. The van der Waals surface area contributed by atoms with Crippen LogP contribution in [-0.4, -0.2) is 88.8 Å². The van der Waals surface area contributed by atoms with Crippen molar-refractivity contribution in [3.05, 3.63) is 66.0 Å². The molecule has 204 valence electrons. The average Bonchev–Trinajstić information content (AvgIpc) is 2.89. The summed E-state index contributed by atoms with van der Waals surface area (Å²) in [6, 6.07) is 15.8. The number of hydrogen-bond donors (Lipinski definition) is 0. The molecule has 0 N–H and O–H groups in total. The highest BCUT2D eigenvalue weighted by molar-refractivity contribution is 7.91. The van der Waals surface area contributed by atoms with Crippen LogP contribution in [0.3, 0.4) is 0 Å². The summed E-state index contributed by atoms with van der Waals surface area (Å²) in [6.07, 6.45) is 4.82. The lowest BCUT2D eigenvalue weighted by atomic mass is 9.93. The third-order valence-corrected chi connectivity index (χ3v) is 10.8. The van der Waals surface area contributed by atoms with E-state index in [1.54, 1.807) is 4.31 Å². The van der Waals surface area contributed by atoms with E-state index < -0.39 is 25.7 Å². The first-order valence-corrected chi connectivity index (χ1v) is 16.6. The van der Waals surface area contributed by atoms with Crippen LogP contribution in [0, 0.1) is 11.7 Å². The van der Waals surface area contributed by atoms with Crippen molar-refractivity contribution in [3.63, 3.8) is 0 Å². The first-order valence-electron chi connectivity index (χ1n) is 13.1. The molecule has 0 saturated carbocycles. The summed E-state index contributed by atoms with van der Waals surface area (Å²) in [5.74, 6) is 0.0382. The summed E-state index contributed by atoms with van der Waals surface area (Å²) >= 11 is 0. The molecule has 37 heavy (non-hydrogen) atoms. The molecule has 2 aliphatic heterocycles. The summed E-state index contributed by atoms with van der Waals surface area (Å²) in [5.41, 5.74) is 1.26. The minimum Gasteiger partial charge on any atom is -0.303 e. The summed E-state index contributed by atoms with van der Waals surface area (Å²) in [4.78, 5) is 5.06. The highest BCUT2D eigenvalue weighted by Gasteiger charge is 2.29. The van der Waals surface area contributed by atoms with E-state index in [1.807, 2.05) is 6.07 Å². The van der Waals surface area contributed by atoms with E-state index in [4.69, 9.17) is 0 Å². The van der Waals surface area contributed by atoms with Gasteiger partial charge in [0.05, 0.1) is 16.9 Å². The number of likely N-dealkylation sites (tertiary alicyclic amines) is 1. The van der Waals surface area contributed by atoms with Crippen molar-refractivity contribution < 1.29 is 21.2 Å². The number of piperidine rings is 1. The zero-order chi connectivity index (χ0) is 26.5. The maximum Gasteiger partial charge on any atom is 0.211 e. The van der Waals surface area contributed by atoms with Crippen LogP contribution in [0.2, 0.25) is 0 Å². The fourth-order valence-electron chi connectivity index (χ4n) is 5.47. The second kappa shape index (κ2) is 12.3. The molecule has 2 aliphatic rings. The quantitative estimate of drug-likeness (QED) is 0.421. The highest BCUT2D eigenvalue weighted by Crippen LogP contribution is 2.28. The van der Waals surface area contributed by atoms with Crippen molar-refractivity contribution in [2.45, 2.75) is 36.6 Å². The van der Waals surface area contributed by atoms with Crippen LogP contribution in [0.4, 0.5) is 4.39 Å². The Morgan fingerprint density at radius 1 is 0.865 bits per heavy atom. The summed E-state index contributed by atoms with van der Waals surface area (Å²) < 4.78 is 63.8. The van der Waals surface area contributed by atoms with E-state index in [1.165, 1.54) is 36.1 Å². The number of sulfone groups is 1. The van der Waals surface area contributed by atoms with Crippen molar-refractivity contribution in [1.82, 2.24) is 14.1 Å². The first-order chi connectivity index (χ1) is 17.6. The Labute approximate surface area is 221 Å². The molecule has 0 bridgehead atoms. The topological polar surface area (TPSA) is 78.0 Å². The van der Waals surface area contributed by atoms with Crippen molar-refractivity contribution in [3.8, 4) is 0 Å². The van der Waals surface area contributed by atoms with Crippen molar-refractivity contribution in [2.24, 2.45) is 5.92 Å². The molecule has 2 aromatic carbocycles. The Morgan fingerprint density at radius 2 is 1.49 bits per heavy atom. The van der Waals surface area contributed by atoms with Gasteiger partial charge in [-0.05, 0) is 81.1 Å². The Morgan fingerprint density at radius 3 is 2.08 bits per heavy atom. The molecule has 4 rings (SSSR count). The number of nitrogens with zero attached hydrogens (tertiary/aromatic N) is 3. The van der Waals surface area contributed by atoms with Crippen LogP contribution < -0.4 is 0 Å². The van der Waals surface area contributed by atoms with Gasteiger partial charge in [0, 0.05) is 32.2 Å². The number of piperazine rings is 1. The van der Waals surface area contributed by atoms with Crippen LogP contribution in [0.5, 0.6) is 0 Å². The third-order valence-electron chi connectivity index (χ3n) is 7.76. The first kappa shape index (κ1) is 28.2.